The van der Waals surface area contributed by atoms with Crippen LogP contribution >= 0.6 is 0 Å². The number of anilines is 2. The predicted molar refractivity (Wildman–Crippen MR) is 145 cm³/mol. The van der Waals surface area contributed by atoms with Crippen LogP contribution < -0.4 is 10.2 Å². The molecule has 0 aromatic carbocycles. The molecule has 0 radical (unpaired) electrons. The summed E-state index contributed by atoms with van der Waals surface area (Å²) in [7, 11) is 0. The van der Waals surface area contributed by atoms with Gasteiger partial charge in [-0.3, -0.25) is 9.20 Å². The number of H-pyrrole nitrogens is 1. The van der Waals surface area contributed by atoms with Crippen LogP contribution in [-0.2, 0) is 14.4 Å². The van der Waals surface area contributed by atoms with Crippen LogP contribution in [0, 0.1) is 11.3 Å². The van der Waals surface area contributed by atoms with Gasteiger partial charge in [-0.1, -0.05) is 0 Å². The summed E-state index contributed by atoms with van der Waals surface area (Å²) in [6.45, 7) is 6.29. The van der Waals surface area contributed by atoms with E-state index >= 15 is 0 Å². The van der Waals surface area contributed by atoms with E-state index in [0.717, 1.165) is 16.9 Å². The van der Waals surface area contributed by atoms with E-state index in [-0.39, 0.29) is 11.9 Å². The number of nitriles is 1. The average molecular weight is 659 g/mol. The number of carbonyl (C=O) groups excluding carboxylic acids is 1. The van der Waals surface area contributed by atoms with Crippen molar-refractivity contribution in [3.63, 3.8) is 0 Å². The first-order valence-electron chi connectivity index (χ1n) is 12.9. The number of rotatable bonds is 4. The van der Waals surface area contributed by atoms with Gasteiger partial charge in [-0.05, 0) is 13.0 Å². The number of piperazine rings is 1. The second-order valence-electron chi connectivity index (χ2n) is 9.38. The maximum absolute atomic E-state index is 11.8. The van der Waals surface area contributed by atoms with Gasteiger partial charge in [-0.2, -0.15) is 31.6 Å². The van der Waals surface area contributed by atoms with Crippen LogP contribution in [0.25, 0.3) is 16.7 Å². The standard InChI is InChI=1S/C21H22N10O.2C2HF3O2/c1-13(28-20-18-19(25-10-24-18)26-11-27-20)16-7-15(8-22)17-9-23-12-31(17)21(16)30-5-3-29(4-6-30)14(2)32;2*3-2(4,5)1(6)7/h7,9-13H,3-6H2,1-2H3,(H2,24,25,26,27,28);2*(H,6,7). The molecule has 1 aliphatic rings. The first kappa shape index (κ1) is 34.8. The van der Waals surface area contributed by atoms with Crippen molar-refractivity contribution in [3.8, 4) is 6.07 Å². The van der Waals surface area contributed by atoms with Gasteiger partial charge >= 0.3 is 24.3 Å². The molecule has 1 fully saturated rings. The Kier molecular flexibility index (Phi) is 10.6. The number of pyridine rings is 1. The van der Waals surface area contributed by atoms with E-state index in [4.69, 9.17) is 19.8 Å². The Bertz CT molecular complexity index is 1730. The molecule has 0 bridgehead atoms. The van der Waals surface area contributed by atoms with E-state index in [1.807, 2.05) is 22.3 Å². The average Bonchev–Trinajstić information content (AvgIpc) is 3.67. The summed E-state index contributed by atoms with van der Waals surface area (Å²) >= 11 is 0. The minimum Gasteiger partial charge on any atom is -0.475 e. The molecule has 1 saturated heterocycles. The number of aromatic nitrogens is 6. The van der Waals surface area contributed by atoms with Gasteiger partial charge in [0.2, 0.25) is 5.91 Å². The van der Waals surface area contributed by atoms with Gasteiger partial charge in [0.05, 0.1) is 29.6 Å². The Balaban J connectivity index is 0.000000345. The fraction of sp³-hybridized carbons (Fsp3) is 0.360. The number of nitrogens with one attached hydrogen (secondary N) is 2. The van der Waals surface area contributed by atoms with Crippen molar-refractivity contribution >= 4 is 46.2 Å². The Morgan fingerprint density at radius 2 is 1.61 bits per heavy atom. The summed E-state index contributed by atoms with van der Waals surface area (Å²) in [5.74, 6) is -3.87. The van der Waals surface area contributed by atoms with E-state index in [0.29, 0.717) is 48.7 Å². The number of alkyl halides is 6. The van der Waals surface area contributed by atoms with Crippen LogP contribution in [0.1, 0.15) is 31.0 Å². The number of imidazole rings is 2. The zero-order chi connectivity index (χ0) is 34.4. The van der Waals surface area contributed by atoms with Crippen molar-refractivity contribution in [2.24, 2.45) is 0 Å². The van der Waals surface area contributed by atoms with Gasteiger partial charge in [-0.15, -0.1) is 0 Å². The van der Waals surface area contributed by atoms with Crippen molar-refractivity contribution in [2.45, 2.75) is 32.2 Å². The third-order valence-electron chi connectivity index (χ3n) is 6.37. The lowest BCUT2D eigenvalue weighted by molar-refractivity contribution is -0.193. The highest BCUT2D eigenvalue weighted by Gasteiger charge is 2.39. The summed E-state index contributed by atoms with van der Waals surface area (Å²) in [4.78, 5) is 53.8. The fourth-order valence-corrected chi connectivity index (χ4v) is 4.23. The Morgan fingerprint density at radius 1 is 1.02 bits per heavy atom. The molecule has 1 atom stereocenters. The maximum Gasteiger partial charge on any atom is 0.490 e. The molecule has 1 aliphatic heterocycles. The zero-order valence-electron chi connectivity index (χ0n) is 23.8. The largest absolute Gasteiger partial charge is 0.490 e. The molecule has 4 aromatic heterocycles. The number of nitrogens with zero attached hydrogens (tertiary/aromatic N) is 8. The molecule has 5 rings (SSSR count). The number of halogens is 6. The summed E-state index contributed by atoms with van der Waals surface area (Å²) in [5.41, 5.74) is 3.54. The topological polar surface area (TPSA) is 206 Å². The monoisotopic (exact) mass is 658 g/mol. The summed E-state index contributed by atoms with van der Waals surface area (Å²) in [6.07, 6.45) is -3.67. The highest BCUT2D eigenvalue weighted by Crippen LogP contribution is 2.33. The SMILES string of the molecule is CC(=O)N1CCN(c2c(C(C)Nc3ncnc4[nH]cnc34)cc(C#N)c3cncn23)CC1.O=C(O)C(F)(F)F.O=C(O)C(F)(F)F. The number of carbonyl (C=O) groups is 3. The smallest absolute Gasteiger partial charge is 0.475 e. The van der Waals surface area contributed by atoms with Crippen molar-refractivity contribution in [3.05, 3.63) is 42.4 Å². The minimum absolute atomic E-state index is 0.0827. The number of fused-ring (bicyclic) bond motifs is 2. The molecule has 1 amide bonds. The van der Waals surface area contributed by atoms with Crippen molar-refractivity contribution in [1.29, 1.82) is 5.26 Å². The van der Waals surface area contributed by atoms with Crippen LogP contribution in [0.4, 0.5) is 38.0 Å². The number of carboxylic acids is 2. The predicted octanol–water partition coefficient (Wildman–Crippen LogP) is 2.98. The molecule has 5 heterocycles. The van der Waals surface area contributed by atoms with Gasteiger partial charge in [0.1, 0.15) is 30.1 Å². The maximum atomic E-state index is 11.8. The number of hydrogen-bond acceptors (Lipinski definition) is 10. The highest BCUT2D eigenvalue weighted by atomic mass is 19.4. The summed E-state index contributed by atoms with van der Waals surface area (Å²) in [6, 6.07) is 4.01. The molecule has 246 valence electrons. The van der Waals surface area contributed by atoms with Gasteiger partial charge in [0.25, 0.3) is 0 Å². The molecule has 0 aliphatic carbocycles. The molecule has 0 spiro atoms. The molecule has 4 aromatic rings. The van der Waals surface area contributed by atoms with Crippen LogP contribution in [0.15, 0.2) is 31.2 Å². The van der Waals surface area contributed by atoms with E-state index < -0.39 is 24.3 Å². The lowest BCUT2D eigenvalue weighted by Gasteiger charge is -2.37. The Morgan fingerprint density at radius 3 is 2.13 bits per heavy atom. The quantitative estimate of drug-likeness (QED) is 0.234. The Labute approximate surface area is 254 Å². The first-order chi connectivity index (χ1) is 21.4. The molecular formula is C25H24F6N10O5. The first-order valence-corrected chi connectivity index (χ1v) is 12.9. The molecule has 15 nitrogen and oxygen atoms in total. The summed E-state index contributed by atoms with van der Waals surface area (Å²) in [5, 5.41) is 27.4. The lowest BCUT2D eigenvalue weighted by Crippen LogP contribution is -2.49. The van der Waals surface area contributed by atoms with Crippen LogP contribution in [-0.4, -0.2) is 101 Å². The molecule has 1 unspecified atom stereocenters. The number of aromatic amines is 1. The van der Waals surface area contributed by atoms with E-state index in [1.165, 1.54) is 6.33 Å². The van der Waals surface area contributed by atoms with Crippen molar-refractivity contribution in [2.75, 3.05) is 36.4 Å². The van der Waals surface area contributed by atoms with Crippen LogP contribution in [0.5, 0.6) is 0 Å². The molecule has 46 heavy (non-hydrogen) atoms. The lowest BCUT2D eigenvalue weighted by atomic mass is 10.0. The van der Waals surface area contributed by atoms with Crippen LogP contribution in [0.3, 0.4) is 0 Å². The molecule has 21 heteroatoms. The fourth-order valence-electron chi connectivity index (χ4n) is 4.23. The number of hydrogen-bond donors (Lipinski definition) is 4. The molecule has 4 N–H and O–H groups in total. The number of carboxylic acid groups (broad SMARTS) is 2. The van der Waals surface area contributed by atoms with Gasteiger partial charge in [0.15, 0.2) is 11.5 Å². The van der Waals surface area contributed by atoms with E-state index in [9.17, 15) is 36.4 Å². The minimum atomic E-state index is -5.08. The third kappa shape index (κ3) is 8.27. The number of aliphatic carboxylic acids is 2. The summed E-state index contributed by atoms with van der Waals surface area (Å²) < 4.78 is 65.4. The normalized spacial score (nSPS) is 14.0. The highest BCUT2D eigenvalue weighted by molar-refractivity contribution is 5.82. The second-order valence-corrected chi connectivity index (χ2v) is 9.38. The second kappa shape index (κ2) is 14.0. The van der Waals surface area contributed by atoms with E-state index in [1.54, 1.807) is 25.8 Å². The van der Waals surface area contributed by atoms with Crippen LogP contribution in [0.2, 0.25) is 0 Å². The molecule has 0 saturated carbocycles. The third-order valence-corrected chi connectivity index (χ3v) is 6.37. The van der Waals surface area contributed by atoms with E-state index in [2.05, 4.69) is 41.2 Å². The van der Waals surface area contributed by atoms with Crippen molar-refractivity contribution < 1.29 is 50.9 Å². The van der Waals surface area contributed by atoms with Crippen molar-refractivity contribution in [1.82, 2.24) is 34.2 Å². The zero-order valence-corrected chi connectivity index (χ0v) is 23.8. The van der Waals surface area contributed by atoms with Gasteiger partial charge < -0.3 is 30.3 Å². The Hall–Kier alpha value is -5.68. The van der Waals surface area contributed by atoms with Gasteiger partial charge in [-0.25, -0.2) is 29.5 Å². The molecular weight excluding hydrogens is 634 g/mol. The number of amides is 1. The van der Waals surface area contributed by atoms with Gasteiger partial charge in [0, 0.05) is 38.7 Å².